The van der Waals surface area contributed by atoms with Crippen molar-refractivity contribution in [3.8, 4) is 11.8 Å². The van der Waals surface area contributed by atoms with Crippen molar-refractivity contribution in [3.63, 3.8) is 0 Å². The number of halogens is 1. The zero-order valence-electron chi connectivity index (χ0n) is 10.5. The van der Waals surface area contributed by atoms with Crippen LogP contribution in [-0.2, 0) is 4.79 Å². The van der Waals surface area contributed by atoms with Crippen molar-refractivity contribution in [2.24, 2.45) is 0 Å². The Hall–Kier alpha value is -2.52. The second-order valence-electron chi connectivity index (χ2n) is 3.91. The molecular weight excluding hydrogens is 282 g/mol. The maximum Gasteiger partial charge on any atom is 0.258 e. The maximum atomic E-state index is 11.9. The smallest absolute Gasteiger partial charge is 0.258 e. The minimum absolute atomic E-state index is 0.0314. The Kier molecular flexibility index (Phi) is 3.91. The third kappa shape index (κ3) is 2.44. The number of hydrogen-bond donors (Lipinski definition) is 2. The molecule has 0 unspecified atom stereocenters. The van der Waals surface area contributed by atoms with Crippen LogP contribution in [0.1, 0.15) is 10.4 Å². The fourth-order valence-electron chi connectivity index (χ4n) is 1.75. The van der Waals surface area contributed by atoms with Crippen molar-refractivity contribution < 1.29 is 14.3 Å². The van der Waals surface area contributed by atoms with E-state index in [9.17, 15) is 9.59 Å². The number of fused-ring (bicyclic) bond motifs is 1. The second kappa shape index (κ2) is 5.63. The minimum atomic E-state index is -0.566. The molecule has 0 atom stereocenters. The number of nitrogens with one attached hydrogen (secondary N) is 2. The number of nitriles is 1. The first-order valence-electron chi connectivity index (χ1n) is 5.60. The summed E-state index contributed by atoms with van der Waals surface area (Å²) in [7, 11) is 1.50. The van der Waals surface area contributed by atoms with Gasteiger partial charge in [0.15, 0.2) is 5.78 Å². The molecule has 6 nitrogen and oxygen atoms in total. The van der Waals surface area contributed by atoms with E-state index in [1.807, 2.05) is 0 Å². The van der Waals surface area contributed by atoms with Gasteiger partial charge in [-0.05, 0) is 12.1 Å². The van der Waals surface area contributed by atoms with Gasteiger partial charge in [-0.2, -0.15) is 5.26 Å². The predicted molar refractivity (Wildman–Crippen MR) is 72.4 cm³/mol. The molecule has 0 saturated heterocycles. The highest BCUT2D eigenvalue weighted by Gasteiger charge is 2.24. The van der Waals surface area contributed by atoms with E-state index in [2.05, 4.69) is 10.6 Å². The Balaban J connectivity index is 2.49. The first kappa shape index (κ1) is 13.9. The number of anilines is 1. The number of nitrogens with zero attached hydrogens (tertiary/aromatic N) is 1. The van der Waals surface area contributed by atoms with Crippen molar-refractivity contribution >= 4 is 29.0 Å². The second-order valence-corrected chi connectivity index (χ2v) is 4.18. The monoisotopic (exact) mass is 291 g/mol. The van der Waals surface area contributed by atoms with Gasteiger partial charge < -0.3 is 15.4 Å². The Morgan fingerprint density at radius 2 is 2.20 bits per heavy atom. The van der Waals surface area contributed by atoms with E-state index >= 15 is 0 Å². The molecule has 0 bridgehead atoms. The summed E-state index contributed by atoms with van der Waals surface area (Å²) in [5.41, 5.74) is 0.630. The van der Waals surface area contributed by atoms with Crippen LogP contribution in [0.15, 0.2) is 29.6 Å². The molecule has 0 saturated carbocycles. The van der Waals surface area contributed by atoms with E-state index in [0.717, 1.165) is 0 Å². The van der Waals surface area contributed by atoms with Gasteiger partial charge >= 0.3 is 0 Å². The quantitative estimate of drug-likeness (QED) is 0.499. The zero-order chi connectivity index (χ0) is 14.7. The van der Waals surface area contributed by atoms with Crippen LogP contribution in [0.2, 0.25) is 0 Å². The van der Waals surface area contributed by atoms with Gasteiger partial charge in [-0.1, -0.05) is 0 Å². The van der Waals surface area contributed by atoms with Gasteiger partial charge in [0.1, 0.15) is 23.2 Å². The summed E-state index contributed by atoms with van der Waals surface area (Å²) in [6.07, 6.45) is 0. The Morgan fingerprint density at radius 3 is 2.80 bits per heavy atom. The van der Waals surface area contributed by atoms with Crippen molar-refractivity contribution in [1.82, 2.24) is 5.32 Å². The van der Waals surface area contributed by atoms with E-state index in [0.29, 0.717) is 17.0 Å². The summed E-state index contributed by atoms with van der Waals surface area (Å²) >= 11 is 5.43. The van der Waals surface area contributed by atoms with Crippen LogP contribution in [0.25, 0.3) is 0 Å². The molecule has 2 rings (SSSR count). The molecule has 1 amide bonds. The van der Waals surface area contributed by atoms with Crippen molar-refractivity contribution in [1.29, 1.82) is 5.26 Å². The molecule has 1 aliphatic rings. The molecule has 1 heterocycles. The summed E-state index contributed by atoms with van der Waals surface area (Å²) < 4.78 is 5.07. The number of carbonyl (C=O) groups excluding carboxylic acids is 2. The normalized spacial score (nSPS) is 15.3. The number of ether oxygens (including phenoxy) is 1. The lowest BCUT2D eigenvalue weighted by atomic mass is 10.1. The van der Waals surface area contributed by atoms with Gasteiger partial charge in [0.2, 0.25) is 0 Å². The van der Waals surface area contributed by atoms with Crippen LogP contribution in [0.3, 0.4) is 0 Å². The van der Waals surface area contributed by atoms with Crippen LogP contribution in [0, 0.1) is 11.3 Å². The van der Waals surface area contributed by atoms with Gasteiger partial charge in [-0.25, -0.2) is 0 Å². The summed E-state index contributed by atoms with van der Waals surface area (Å²) in [5.74, 6) is -0.735. The van der Waals surface area contributed by atoms with Gasteiger partial charge in [-0.15, -0.1) is 11.6 Å². The molecule has 0 spiro atoms. The Morgan fingerprint density at radius 1 is 1.45 bits per heavy atom. The molecule has 1 aliphatic heterocycles. The molecule has 1 aromatic carbocycles. The zero-order valence-corrected chi connectivity index (χ0v) is 11.2. The van der Waals surface area contributed by atoms with Crippen LogP contribution in [0.4, 0.5) is 5.69 Å². The predicted octanol–water partition coefficient (Wildman–Crippen LogP) is 1.39. The topological polar surface area (TPSA) is 91.2 Å². The molecule has 1 aromatic rings. The standard InChI is InChI=1S/C13H10ClN3O3/c1-20-7-2-3-8-10(4-7)16-12(17-13(8)19)9(6-15)11(18)5-14/h2-4,16H,5H2,1H3,(H,17,19)/b12-9-. The Labute approximate surface area is 120 Å². The number of rotatable bonds is 3. The third-order valence-electron chi connectivity index (χ3n) is 2.73. The highest BCUT2D eigenvalue weighted by molar-refractivity contribution is 6.31. The fraction of sp³-hybridized carbons (Fsp3) is 0.154. The first-order chi connectivity index (χ1) is 9.60. The molecular formula is C13H10ClN3O3. The Bertz CT molecular complexity index is 661. The van der Waals surface area contributed by atoms with Gasteiger partial charge in [0.25, 0.3) is 5.91 Å². The first-order valence-corrected chi connectivity index (χ1v) is 6.14. The number of Topliss-reactive ketones (excluding diaryl/α,β-unsaturated/α-hetero) is 1. The minimum Gasteiger partial charge on any atom is -0.497 e. The van der Waals surface area contributed by atoms with Crippen LogP contribution >= 0.6 is 11.6 Å². The van der Waals surface area contributed by atoms with Crippen molar-refractivity contribution in [2.75, 3.05) is 18.3 Å². The molecule has 2 N–H and O–H groups in total. The van der Waals surface area contributed by atoms with Gasteiger partial charge in [0, 0.05) is 6.07 Å². The largest absolute Gasteiger partial charge is 0.497 e. The van der Waals surface area contributed by atoms with Crippen molar-refractivity contribution in [2.45, 2.75) is 0 Å². The molecule has 20 heavy (non-hydrogen) atoms. The lowest BCUT2D eigenvalue weighted by Crippen LogP contribution is -2.35. The summed E-state index contributed by atoms with van der Waals surface area (Å²) in [4.78, 5) is 23.5. The lowest BCUT2D eigenvalue weighted by molar-refractivity contribution is -0.113. The van der Waals surface area contributed by atoms with Crippen LogP contribution in [0.5, 0.6) is 5.75 Å². The number of ketones is 1. The fourth-order valence-corrected chi connectivity index (χ4v) is 1.88. The van der Waals surface area contributed by atoms with Crippen LogP contribution < -0.4 is 15.4 Å². The number of carbonyl (C=O) groups is 2. The SMILES string of the molecule is COc1ccc2c(c1)N/C(=C(\C#N)C(=O)CCl)NC2=O. The van der Waals surface area contributed by atoms with E-state index < -0.39 is 11.7 Å². The molecule has 0 aromatic heterocycles. The third-order valence-corrected chi connectivity index (χ3v) is 2.97. The average molecular weight is 292 g/mol. The number of alkyl halides is 1. The number of amides is 1. The van der Waals surface area contributed by atoms with Crippen molar-refractivity contribution in [3.05, 3.63) is 35.2 Å². The highest BCUT2D eigenvalue weighted by atomic mass is 35.5. The number of hydrogen-bond acceptors (Lipinski definition) is 5. The van der Waals surface area contributed by atoms with Gasteiger partial charge in [0.05, 0.1) is 24.2 Å². The van der Waals surface area contributed by atoms with E-state index in [-0.39, 0.29) is 17.3 Å². The number of methoxy groups -OCH3 is 1. The van der Waals surface area contributed by atoms with Gasteiger partial charge in [-0.3, -0.25) is 9.59 Å². The van der Waals surface area contributed by atoms with E-state index in [1.54, 1.807) is 24.3 Å². The van der Waals surface area contributed by atoms with E-state index in [1.165, 1.54) is 7.11 Å². The highest BCUT2D eigenvalue weighted by Crippen LogP contribution is 2.27. The van der Waals surface area contributed by atoms with E-state index in [4.69, 9.17) is 21.6 Å². The van der Waals surface area contributed by atoms with Crippen LogP contribution in [-0.4, -0.2) is 24.7 Å². The molecule has 0 aliphatic carbocycles. The molecule has 0 radical (unpaired) electrons. The number of allylic oxidation sites excluding steroid dienone is 1. The summed E-state index contributed by atoms with van der Waals surface area (Å²) in [6, 6.07) is 6.57. The molecule has 102 valence electrons. The maximum absolute atomic E-state index is 11.9. The molecule has 7 heteroatoms. The number of benzene rings is 1. The average Bonchev–Trinajstić information content (AvgIpc) is 2.47. The summed E-state index contributed by atoms with van der Waals surface area (Å²) in [5, 5.41) is 14.3. The summed E-state index contributed by atoms with van der Waals surface area (Å²) in [6.45, 7) is 0. The lowest BCUT2D eigenvalue weighted by Gasteiger charge is -2.22. The molecule has 0 fully saturated rings.